The van der Waals surface area contributed by atoms with E-state index in [0.717, 1.165) is 9.80 Å². The summed E-state index contributed by atoms with van der Waals surface area (Å²) in [5.41, 5.74) is 0.0437. The van der Waals surface area contributed by atoms with Gasteiger partial charge in [0.05, 0.1) is 16.8 Å². The van der Waals surface area contributed by atoms with Gasteiger partial charge in [-0.2, -0.15) is 0 Å². The van der Waals surface area contributed by atoms with Crippen LogP contribution in [0.2, 0.25) is 5.02 Å². The van der Waals surface area contributed by atoms with Gasteiger partial charge in [-0.15, -0.1) is 0 Å². The number of carbonyl (C=O) groups excluding carboxylic acids is 3. The number of urea groups is 1. The van der Waals surface area contributed by atoms with Gasteiger partial charge in [0, 0.05) is 16.0 Å². The molecule has 2 aromatic carbocycles. The van der Waals surface area contributed by atoms with Crippen molar-refractivity contribution in [3.63, 3.8) is 0 Å². The van der Waals surface area contributed by atoms with Gasteiger partial charge < -0.3 is 9.15 Å². The number of benzene rings is 2. The number of furan rings is 1. The van der Waals surface area contributed by atoms with Crippen molar-refractivity contribution in [2.24, 2.45) is 0 Å². The maximum atomic E-state index is 13.1. The molecule has 33 heavy (non-hydrogen) atoms. The minimum Gasteiger partial charge on any atom is -0.494 e. The Hall–Kier alpha value is -3.01. The van der Waals surface area contributed by atoms with Crippen molar-refractivity contribution in [2.75, 3.05) is 11.5 Å². The molecule has 0 bridgehead atoms. The van der Waals surface area contributed by atoms with E-state index in [1.807, 2.05) is 19.1 Å². The van der Waals surface area contributed by atoms with Crippen molar-refractivity contribution >= 4 is 68.9 Å². The van der Waals surface area contributed by atoms with Crippen molar-refractivity contribution in [3.8, 4) is 5.75 Å². The second-order valence-electron chi connectivity index (χ2n) is 6.73. The molecule has 0 radical (unpaired) electrons. The summed E-state index contributed by atoms with van der Waals surface area (Å²) in [6.07, 6.45) is 1.31. The molecule has 3 aromatic rings. The molecule has 1 aliphatic rings. The van der Waals surface area contributed by atoms with Crippen LogP contribution < -0.4 is 15.0 Å². The number of imide groups is 2. The first-order chi connectivity index (χ1) is 15.9. The molecule has 0 unspecified atom stereocenters. The summed E-state index contributed by atoms with van der Waals surface area (Å²) >= 11 is 10.7. The summed E-state index contributed by atoms with van der Waals surface area (Å²) in [5, 5.41) is 3.35. The van der Waals surface area contributed by atoms with Gasteiger partial charge in [-0.05, 0) is 71.4 Å². The highest BCUT2D eigenvalue weighted by molar-refractivity contribution is 9.10. The molecule has 10 heteroatoms. The fourth-order valence-corrected chi connectivity index (χ4v) is 4.49. The van der Waals surface area contributed by atoms with E-state index in [1.165, 1.54) is 17.8 Å². The van der Waals surface area contributed by atoms with Crippen LogP contribution in [0.15, 0.2) is 79.0 Å². The van der Waals surface area contributed by atoms with Crippen molar-refractivity contribution < 1.29 is 23.5 Å². The molecule has 7 nitrogen and oxygen atoms in total. The summed E-state index contributed by atoms with van der Waals surface area (Å²) in [5.74, 6) is -0.801. The lowest BCUT2D eigenvalue weighted by molar-refractivity contribution is -0.122. The normalized spacial score (nSPS) is 15.2. The number of nitrogens with zero attached hydrogens (tertiary/aromatic N) is 1. The van der Waals surface area contributed by atoms with Crippen LogP contribution in [-0.4, -0.2) is 24.5 Å². The summed E-state index contributed by atoms with van der Waals surface area (Å²) < 4.78 is 11.9. The van der Waals surface area contributed by atoms with E-state index in [-0.39, 0.29) is 17.0 Å². The predicted molar refractivity (Wildman–Crippen MR) is 129 cm³/mol. The molecule has 1 aromatic heterocycles. The molecule has 1 aliphatic heterocycles. The first kappa shape index (κ1) is 23.2. The molecule has 0 saturated carbocycles. The van der Waals surface area contributed by atoms with E-state index in [1.54, 1.807) is 42.5 Å². The molecule has 4 rings (SSSR count). The number of halogens is 2. The monoisotopic (exact) mass is 546 g/mol. The Balaban J connectivity index is 1.62. The molecule has 1 fully saturated rings. The van der Waals surface area contributed by atoms with Gasteiger partial charge in [0.15, 0.2) is 5.09 Å². The molecule has 1 saturated heterocycles. The average Bonchev–Trinajstić information content (AvgIpc) is 3.12. The van der Waals surface area contributed by atoms with Crippen LogP contribution in [0, 0.1) is 0 Å². The van der Waals surface area contributed by atoms with Gasteiger partial charge in [0.25, 0.3) is 11.8 Å². The van der Waals surface area contributed by atoms with Gasteiger partial charge in [-0.25, -0.2) is 9.69 Å². The van der Waals surface area contributed by atoms with Crippen molar-refractivity contribution in [1.29, 1.82) is 0 Å². The number of carbonyl (C=O) groups is 3. The van der Waals surface area contributed by atoms with Gasteiger partial charge >= 0.3 is 6.03 Å². The fourth-order valence-electron chi connectivity index (χ4n) is 3.03. The Morgan fingerprint density at radius 1 is 1.15 bits per heavy atom. The highest BCUT2D eigenvalue weighted by Gasteiger charge is 2.37. The third-order valence-electron chi connectivity index (χ3n) is 4.47. The van der Waals surface area contributed by atoms with Crippen molar-refractivity contribution in [1.82, 2.24) is 5.32 Å². The summed E-state index contributed by atoms with van der Waals surface area (Å²) in [7, 11) is 0. The topological polar surface area (TPSA) is 88.8 Å². The lowest BCUT2D eigenvalue weighted by Crippen LogP contribution is -2.54. The number of hydrogen-bond donors (Lipinski definition) is 1. The van der Waals surface area contributed by atoms with E-state index in [4.69, 9.17) is 20.8 Å². The molecular weight excluding hydrogens is 532 g/mol. The largest absolute Gasteiger partial charge is 0.494 e. The zero-order valence-corrected chi connectivity index (χ0v) is 20.3. The highest BCUT2D eigenvalue weighted by Crippen LogP contribution is 2.37. The molecule has 0 atom stereocenters. The van der Waals surface area contributed by atoms with Crippen LogP contribution in [0.3, 0.4) is 0 Å². The Kier molecular flexibility index (Phi) is 6.92. The molecule has 4 amide bonds. The van der Waals surface area contributed by atoms with Crippen molar-refractivity contribution in [3.05, 3.63) is 75.4 Å². The van der Waals surface area contributed by atoms with Crippen LogP contribution in [0.5, 0.6) is 5.75 Å². The summed E-state index contributed by atoms with van der Waals surface area (Å²) in [6, 6.07) is 14.5. The van der Waals surface area contributed by atoms with E-state index in [0.29, 0.717) is 26.9 Å². The molecule has 168 valence electrons. The number of anilines is 1. The SMILES string of the molecule is CCOc1cccc(N2C(=O)NC(=O)/C(=C\c3cc(Br)c(Sc4ccc(Cl)cc4)o3)C2=O)c1. The third kappa shape index (κ3) is 5.16. The van der Waals surface area contributed by atoms with E-state index in [9.17, 15) is 14.4 Å². The highest BCUT2D eigenvalue weighted by atomic mass is 79.9. The number of ether oxygens (including phenoxy) is 1. The van der Waals surface area contributed by atoms with Crippen LogP contribution in [0.25, 0.3) is 6.08 Å². The molecular formula is C23H16BrClN2O5S. The standard InChI is InChI=1S/C23H16BrClN2O5S/c1-2-31-15-5-3-4-14(10-15)27-21(29)18(20(28)26-23(27)30)11-16-12-19(24)22(32-16)33-17-8-6-13(25)7-9-17/h3-12H,2H2,1H3,(H,26,28,30)/b18-11+. The van der Waals surface area contributed by atoms with E-state index >= 15 is 0 Å². The molecule has 0 spiro atoms. The number of barbiturate groups is 1. The molecule has 2 heterocycles. The third-order valence-corrected chi connectivity index (χ3v) is 6.57. The number of hydrogen-bond acceptors (Lipinski definition) is 6. The van der Waals surface area contributed by atoms with E-state index < -0.39 is 17.8 Å². The van der Waals surface area contributed by atoms with Crippen LogP contribution in [-0.2, 0) is 9.59 Å². The van der Waals surface area contributed by atoms with Crippen LogP contribution >= 0.6 is 39.3 Å². The Morgan fingerprint density at radius 3 is 2.64 bits per heavy atom. The predicted octanol–water partition coefficient (Wildman–Crippen LogP) is 5.91. The second-order valence-corrected chi connectivity index (χ2v) is 9.07. The molecule has 0 aliphatic carbocycles. The van der Waals surface area contributed by atoms with Crippen LogP contribution in [0.4, 0.5) is 10.5 Å². The Bertz CT molecular complexity index is 1270. The fraction of sp³-hybridized carbons (Fsp3) is 0.0870. The van der Waals surface area contributed by atoms with Crippen LogP contribution in [0.1, 0.15) is 12.7 Å². The Labute approximate surface area is 206 Å². The number of rotatable bonds is 6. The van der Waals surface area contributed by atoms with Gasteiger partial charge in [-0.1, -0.05) is 29.4 Å². The minimum atomic E-state index is -0.838. The number of nitrogens with one attached hydrogen (secondary N) is 1. The zero-order valence-electron chi connectivity index (χ0n) is 17.1. The molecule has 1 N–H and O–H groups in total. The second kappa shape index (κ2) is 9.86. The van der Waals surface area contributed by atoms with Gasteiger partial charge in [0.1, 0.15) is 17.1 Å². The van der Waals surface area contributed by atoms with E-state index in [2.05, 4.69) is 21.2 Å². The maximum Gasteiger partial charge on any atom is 0.335 e. The minimum absolute atomic E-state index is 0.235. The lowest BCUT2D eigenvalue weighted by Gasteiger charge is -2.26. The van der Waals surface area contributed by atoms with Crippen molar-refractivity contribution in [2.45, 2.75) is 16.9 Å². The first-order valence-corrected chi connectivity index (χ1v) is 11.7. The Morgan fingerprint density at radius 2 is 1.91 bits per heavy atom. The summed E-state index contributed by atoms with van der Waals surface area (Å²) in [4.78, 5) is 39.7. The average molecular weight is 548 g/mol. The maximum absolute atomic E-state index is 13.1. The van der Waals surface area contributed by atoms with Gasteiger partial charge in [-0.3, -0.25) is 14.9 Å². The lowest BCUT2D eigenvalue weighted by atomic mass is 10.1. The van der Waals surface area contributed by atoms with Gasteiger partial charge in [0.2, 0.25) is 0 Å². The number of amides is 4. The first-order valence-electron chi connectivity index (χ1n) is 9.72. The smallest absolute Gasteiger partial charge is 0.335 e. The zero-order chi connectivity index (χ0) is 23.5. The quantitative estimate of drug-likeness (QED) is 0.305. The summed E-state index contributed by atoms with van der Waals surface area (Å²) in [6.45, 7) is 2.25.